The van der Waals surface area contributed by atoms with Crippen LogP contribution in [0, 0.1) is 21.7 Å². The zero-order chi connectivity index (χ0) is 53.3. The minimum Gasteiger partial charge on any atom is -0.468 e. The van der Waals surface area contributed by atoms with Gasteiger partial charge >= 0.3 is 42.2 Å². The molecule has 0 saturated carbocycles. The molecule has 0 amide bonds. The fraction of sp³-hybridized carbons (Fsp3) is 0.587. The van der Waals surface area contributed by atoms with Crippen molar-refractivity contribution in [3.8, 4) is 0 Å². The first-order valence-electron chi connectivity index (χ1n) is 20.8. The third-order valence-electron chi connectivity index (χ3n) is 9.08. The van der Waals surface area contributed by atoms with E-state index in [1.807, 2.05) is 88.4 Å². The Labute approximate surface area is 416 Å². The van der Waals surface area contributed by atoms with Crippen LogP contribution < -0.4 is 0 Å². The number of halogens is 6. The molecule has 2 aromatic carbocycles. The summed E-state index contributed by atoms with van der Waals surface area (Å²) in [6.45, 7) is 6.41. The summed E-state index contributed by atoms with van der Waals surface area (Å²) in [5.41, 5.74) is -1.29. The maximum absolute atomic E-state index is 12.0. The standard InChI is InChI=1S/2C14H18BrFO2.C10H15FO7.C7H10O5.CH3FO/c2*1-14(2,13(17)18-9-8-16)10-12(15)11-6-4-3-5-7-11;1-7(12)16-4-10(2,8(13)15-3)5-17-9(14)18-6-11;1-7(5(8)10-2)3-11-6(9)12-4-7;2-1-3/h2*3-7,12H,8-10H2,1-2H3;4-6H2,1-3H3;3-4H2,1-2H3;3H,1H2. The van der Waals surface area contributed by atoms with Crippen molar-refractivity contribution in [1.82, 2.24) is 0 Å². The molecule has 0 radical (unpaired) electrons. The molecule has 0 aliphatic carbocycles. The average Bonchev–Trinajstić information content (AvgIpc) is 3.32. The summed E-state index contributed by atoms with van der Waals surface area (Å²) in [5, 5.41) is 6.90. The summed E-state index contributed by atoms with van der Waals surface area (Å²) >= 11 is 7.15. The van der Waals surface area contributed by atoms with Crippen molar-refractivity contribution in [2.24, 2.45) is 21.7 Å². The predicted molar refractivity (Wildman–Crippen MR) is 248 cm³/mol. The summed E-state index contributed by atoms with van der Waals surface area (Å²) in [4.78, 5) is 78.3. The molecule has 1 aliphatic rings. The molecule has 69 heavy (non-hydrogen) atoms. The van der Waals surface area contributed by atoms with Crippen molar-refractivity contribution >= 4 is 74.0 Å². The van der Waals surface area contributed by atoms with E-state index in [0.717, 1.165) is 25.2 Å². The summed E-state index contributed by atoms with van der Waals surface area (Å²) in [6, 6.07) is 19.7. The number of benzene rings is 2. The number of carbonyl (C=O) groups excluding carboxylic acids is 7. The lowest BCUT2D eigenvalue weighted by Gasteiger charge is -2.28. The largest absolute Gasteiger partial charge is 0.510 e. The van der Waals surface area contributed by atoms with E-state index in [4.69, 9.17) is 14.6 Å². The average molecular weight is 1120 g/mol. The Morgan fingerprint density at radius 1 is 0.667 bits per heavy atom. The first-order chi connectivity index (χ1) is 32.3. The number of hydrogen-bond donors (Lipinski definition) is 1. The Morgan fingerprint density at radius 2 is 1.06 bits per heavy atom. The Bertz CT molecular complexity index is 1740. The van der Waals surface area contributed by atoms with E-state index < -0.39 is 85.6 Å². The van der Waals surface area contributed by atoms with Gasteiger partial charge in [0.15, 0.2) is 6.86 Å². The van der Waals surface area contributed by atoms with E-state index in [2.05, 4.69) is 65.0 Å². The smallest absolute Gasteiger partial charge is 0.468 e. The van der Waals surface area contributed by atoms with Gasteiger partial charge in [-0.25, -0.2) is 27.2 Å². The maximum atomic E-state index is 12.0. The Hall–Kier alpha value is -5.03. The van der Waals surface area contributed by atoms with Crippen molar-refractivity contribution in [2.75, 3.05) is 80.9 Å². The Kier molecular flexibility index (Phi) is 33.6. The van der Waals surface area contributed by atoms with Crippen molar-refractivity contribution in [1.29, 1.82) is 0 Å². The van der Waals surface area contributed by atoms with Crippen molar-refractivity contribution < 1.29 is 98.9 Å². The van der Waals surface area contributed by atoms with Crippen molar-refractivity contribution in [2.45, 2.75) is 71.0 Å². The highest BCUT2D eigenvalue weighted by atomic mass is 79.9. The predicted octanol–water partition coefficient (Wildman–Crippen LogP) is 9.15. The van der Waals surface area contributed by atoms with Gasteiger partial charge in [-0.3, -0.25) is 24.0 Å². The zero-order valence-electron chi connectivity index (χ0n) is 40.2. The van der Waals surface area contributed by atoms with E-state index >= 15 is 0 Å². The van der Waals surface area contributed by atoms with E-state index in [9.17, 15) is 51.1 Å². The second kappa shape index (κ2) is 35.1. The normalized spacial score (nSPS) is 14.1. The van der Waals surface area contributed by atoms with Crippen LogP contribution >= 0.6 is 31.9 Å². The summed E-state index contributed by atoms with van der Waals surface area (Å²) in [6.07, 6.45) is -0.809. The molecule has 0 spiro atoms. The quantitative estimate of drug-likeness (QED) is 0.0599. The molecule has 1 N–H and O–H groups in total. The molecule has 2 aromatic rings. The van der Waals surface area contributed by atoms with Crippen LogP contribution in [0.2, 0.25) is 0 Å². The fourth-order valence-corrected chi connectivity index (χ4v) is 7.36. The van der Waals surface area contributed by atoms with Gasteiger partial charge in [0.25, 0.3) is 0 Å². The third-order valence-corrected chi connectivity index (χ3v) is 10.8. The fourth-order valence-electron chi connectivity index (χ4n) is 5.13. The highest BCUT2D eigenvalue weighted by Gasteiger charge is 2.41. The van der Waals surface area contributed by atoms with Gasteiger partial charge in [-0.1, -0.05) is 92.5 Å². The van der Waals surface area contributed by atoms with Crippen molar-refractivity contribution in [3.63, 3.8) is 0 Å². The molecule has 0 bridgehead atoms. The lowest BCUT2D eigenvalue weighted by Crippen LogP contribution is -2.43. The van der Waals surface area contributed by atoms with Gasteiger partial charge in [-0.2, -0.15) is 0 Å². The summed E-state index contributed by atoms with van der Waals surface area (Å²) < 4.78 is 86.4. The number of rotatable bonds is 19. The number of ether oxygens (including phenoxy) is 9. The molecule has 1 saturated heterocycles. The topological polar surface area (TPSA) is 223 Å². The minimum atomic E-state index is -1.38. The van der Waals surface area contributed by atoms with Crippen LogP contribution in [0.1, 0.15) is 82.1 Å². The van der Waals surface area contributed by atoms with E-state index in [1.165, 1.54) is 14.0 Å². The van der Waals surface area contributed by atoms with Gasteiger partial charge in [-0.05, 0) is 65.5 Å². The number of cyclic esters (lactones) is 2. The lowest BCUT2D eigenvalue weighted by molar-refractivity contribution is -0.164. The van der Waals surface area contributed by atoms with Gasteiger partial charge in [0.2, 0.25) is 6.86 Å². The van der Waals surface area contributed by atoms with Gasteiger partial charge < -0.3 is 47.7 Å². The monoisotopic (exact) mass is 1120 g/mol. The molecule has 1 heterocycles. The number of aliphatic hydroxyl groups excluding tert-OH is 1. The highest BCUT2D eigenvalue weighted by Crippen LogP contribution is 2.38. The number of esters is 5. The van der Waals surface area contributed by atoms with Crippen LogP contribution in [0.5, 0.6) is 0 Å². The second-order valence-electron chi connectivity index (χ2n) is 16.2. The summed E-state index contributed by atoms with van der Waals surface area (Å²) in [7, 11) is 2.41. The van der Waals surface area contributed by atoms with E-state index in [0.29, 0.717) is 12.8 Å². The molecular formula is C46H64Br2F4O17. The van der Waals surface area contributed by atoms with Crippen LogP contribution in [0.15, 0.2) is 60.7 Å². The molecule has 0 aromatic heterocycles. The molecule has 3 atom stereocenters. The molecule has 17 nitrogen and oxygen atoms in total. The molecule has 3 rings (SSSR count). The van der Waals surface area contributed by atoms with Crippen LogP contribution in [-0.2, 0) is 66.6 Å². The van der Waals surface area contributed by atoms with Crippen LogP contribution in [0.3, 0.4) is 0 Å². The molecule has 392 valence electrons. The molecule has 23 heteroatoms. The highest BCUT2D eigenvalue weighted by molar-refractivity contribution is 9.09. The van der Waals surface area contributed by atoms with Crippen LogP contribution in [-0.4, -0.2) is 128 Å². The van der Waals surface area contributed by atoms with Gasteiger partial charge in [0.05, 0.1) is 25.0 Å². The SMILES string of the molecule is CC(C)(CC(Br)c1ccccc1)C(=O)OCCF.CC(C)(CC(Br)c1ccccc1)C(=O)OCCF.COC(=O)C(C)(COC(C)=O)COC(=O)OCF.COC(=O)C1(C)COC(=O)OC1.OCF. The van der Waals surface area contributed by atoms with Crippen LogP contribution in [0.4, 0.5) is 27.2 Å². The van der Waals surface area contributed by atoms with Crippen LogP contribution in [0.25, 0.3) is 0 Å². The van der Waals surface area contributed by atoms with E-state index in [1.54, 1.807) is 6.92 Å². The molecule has 1 fully saturated rings. The zero-order valence-corrected chi connectivity index (χ0v) is 43.3. The molecule has 3 unspecified atom stereocenters. The number of alkyl halides is 6. The Balaban J connectivity index is 0. The first-order valence-corrected chi connectivity index (χ1v) is 22.6. The number of aliphatic hydroxyl groups is 1. The second-order valence-corrected chi connectivity index (χ2v) is 18.4. The molecular weight excluding hydrogens is 1060 g/mol. The Morgan fingerprint density at radius 3 is 1.39 bits per heavy atom. The van der Waals surface area contributed by atoms with Gasteiger partial charge in [0, 0.05) is 16.6 Å². The van der Waals surface area contributed by atoms with Gasteiger partial charge in [0.1, 0.15) is 63.8 Å². The number of hydrogen-bond acceptors (Lipinski definition) is 17. The number of carbonyl (C=O) groups is 7. The lowest BCUT2D eigenvalue weighted by atomic mass is 9.86. The van der Waals surface area contributed by atoms with E-state index in [-0.39, 0.29) is 54.6 Å². The first kappa shape index (κ1) is 66.1. The number of methoxy groups -OCH3 is 2. The summed E-state index contributed by atoms with van der Waals surface area (Å²) in [5.74, 6) is -2.50. The minimum absolute atomic E-state index is 0.0124. The maximum Gasteiger partial charge on any atom is 0.510 e. The molecule has 1 aliphatic heterocycles. The van der Waals surface area contributed by atoms with Gasteiger partial charge in [-0.15, -0.1) is 0 Å². The van der Waals surface area contributed by atoms with Crippen molar-refractivity contribution in [3.05, 3.63) is 71.8 Å². The third kappa shape index (κ3) is 27.7.